The Labute approximate surface area is 154 Å². The second-order valence-corrected chi connectivity index (χ2v) is 7.93. The molecule has 2 aromatic heterocycles. The number of ether oxygens (including phenoxy) is 1. The zero-order valence-electron chi connectivity index (χ0n) is 14.1. The fourth-order valence-electron chi connectivity index (χ4n) is 3.17. The molecule has 0 N–H and O–H groups in total. The molecular weight excluding hydrogens is 352 g/mol. The van der Waals surface area contributed by atoms with Crippen LogP contribution in [-0.2, 0) is 11.3 Å². The van der Waals surface area contributed by atoms with Gasteiger partial charge in [-0.15, -0.1) is 11.3 Å². The molecule has 4 nitrogen and oxygen atoms in total. The predicted molar refractivity (Wildman–Crippen MR) is 105 cm³/mol. The summed E-state index contributed by atoms with van der Waals surface area (Å²) in [7, 11) is 0. The molecule has 0 bridgehead atoms. The quantitative estimate of drug-likeness (QED) is 0.491. The predicted octanol–water partition coefficient (Wildman–Crippen LogP) is 4.42. The molecule has 1 aliphatic rings. The van der Waals surface area contributed by atoms with E-state index in [0.29, 0.717) is 6.54 Å². The van der Waals surface area contributed by atoms with Crippen LogP contribution >= 0.6 is 23.1 Å². The van der Waals surface area contributed by atoms with Gasteiger partial charge in [-0.2, -0.15) is 0 Å². The lowest BCUT2D eigenvalue weighted by molar-refractivity contribution is 0.129. The molecule has 4 rings (SSSR count). The number of nitrogens with zero attached hydrogens (tertiary/aromatic N) is 2. The molecule has 3 aromatic rings. The van der Waals surface area contributed by atoms with Gasteiger partial charge in [-0.3, -0.25) is 9.36 Å². The highest BCUT2D eigenvalue weighted by Crippen LogP contribution is 2.32. The summed E-state index contributed by atoms with van der Waals surface area (Å²) in [6, 6.07) is 10.1. The summed E-state index contributed by atoms with van der Waals surface area (Å²) in [5.74, 6) is 0.856. The maximum atomic E-state index is 13.1. The van der Waals surface area contributed by atoms with Crippen LogP contribution in [0.1, 0.15) is 19.8 Å². The molecule has 0 aliphatic carbocycles. The van der Waals surface area contributed by atoms with Gasteiger partial charge in [0.05, 0.1) is 11.5 Å². The van der Waals surface area contributed by atoms with Gasteiger partial charge in [-0.25, -0.2) is 4.98 Å². The van der Waals surface area contributed by atoms with Gasteiger partial charge < -0.3 is 4.74 Å². The first kappa shape index (κ1) is 16.8. The molecule has 1 fully saturated rings. The van der Waals surface area contributed by atoms with E-state index in [9.17, 15) is 4.79 Å². The van der Waals surface area contributed by atoms with Crippen LogP contribution in [0.5, 0.6) is 0 Å². The van der Waals surface area contributed by atoms with Crippen molar-refractivity contribution in [2.75, 3.05) is 12.4 Å². The molecule has 6 heteroatoms. The van der Waals surface area contributed by atoms with Crippen molar-refractivity contribution in [1.82, 2.24) is 9.55 Å². The first-order valence-electron chi connectivity index (χ1n) is 8.59. The Morgan fingerprint density at radius 1 is 1.36 bits per heavy atom. The van der Waals surface area contributed by atoms with E-state index in [4.69, 9.17) is 9.72 Å². The molecule has 0 saturated carbocycles. The van der Waals surface area contributed by atoms with Crippen molar-refractivity contribution in [1.29, 1.82) is 0 Å². The first-order valence-corrected chi connectivity index (χ1v) is 10.5. The van der Waals surface area contributed by atoms with E-state index in [1.807, 2.05) is 42.6 Å². The largest absolute Gasteiger partial charge is 0.377 e. The zero-order valence-corrected chi connectivity index (χ0v) is 15.7. The average Bonchev–Trinajstić information content (AvgIpc) is 3.30. The van der Waals surface area contributed by atoms with E-state index in [1.165, 1.54) is 0 Å². The minimum atomic E-state index is 0.0578. The van der Waals surface area contributed by atoms with Crippen molar-refractivity contribution in [2.45, 2.75) is 37.6 Å². The number of hydrogen-bond donors (Lipinski definition) is 0. The molecule has 1 atom stereocenters. The molecule has 3 heterocycles. The molecule has 0 amide bonds. The maximum Gasteiger partial charge on any atom is 0.263 e. The van der Waals surface area contributed by atoms with Crippen molar-refractivity contribution < 1.29 is 4.74 Å². The number of rotatable bonds is 5. The van der Waals surface area contributed by atoms with E-state index >= 15 is 0 Å². The van der Waals surface area contributed by atoms with E-state index in [2.05, 4.69) is 0 Å². The number of aromatic nitrogens is 2. The SMILES string of the molecule is CCn1c(SC[C@H]2CCCO2)nc2scc(-c3ccccc3)c2c1=O. The average molecular weight is 373 g/mol. The Hall–Kier alpha value is -1.63. The Kier molecular flexibility index (Phi) is 4.92. The van der Waals surface area contributed by atoms with Crippen molar-refractivity contribution >= 4 is 33.3 Å². The van der Waals surface area contributed by atoms with Crippen LogP contribution in [0.3, 0.4) is 0 Å². The van der Waals surface area contributed by atoms with Crippen LogP contribution in [0.4, 0.5) is 0 Å². The van der Waals surface area contributed by atoms with Crippen LogP contribution in [0.15, 0.2) is 45.7 Å². The number of benzene rings is 1. The van der Waals surface area contributed by atoms with Crippen LogP contribution in [0.25, 0.3) is 21.3 Å². The number of thioether (sulfide) groups is 1. The van der Waals surface area contributed by atoms with E-state index in [-0.39, 0.29) is 11.7 Å². The number of hydrogen-bond acceptors (Lipinski definition) is 5. The van der Waals surface area contributed by atoms with Gasteiger partial charge in [0.15, 0.2) is 5.16 Å². The summed E-state index contributed by atoms with van der Waals surface area (Å²) >= 11 is 3.18. The van der Waals surface area contributed by atoms with Crippen molar-refractivity contribution in [3.63, 3.8) is 0 Å². The first-order chi connectivity index (χ1) is 12.3. The van der Waals surface area contributed by atoms with E-state index in [1.54, 1.807) is 27.7 Å². The standard InChI is InChI=1S/C19H20N2O2S2/c1-2-21-18(22)16-15(13-7-4-3-5-8-13)12-24-17(16)20-19(21)25-11-14-9-6-10-23-14/h3-5,7-8,12,14H,2,6,9-11H2,1H3/t14-/m1/s1. The van der Waals surface area contributed by atoms with Crippen molar-refractivity contribution in [2.24, 2.45) is 0 Å². The highest BCUT2D eigenvalue weighted by molar-refractivity contribution is 7.99. The summed E-state index contributed by atoms with van der Waals surface area (Å²) in [6.07, 6.45) is 2.51. The number of fused-ring (bicyclic) bond motifs is 1. The van der Waals surface area contributed by atoms with Gasteiger partial charge in [-0.05, 0) is 25.3 Å². The third-order valence-corrected chi connectivity index (χ3v) is 6.46. The third-order valence-electron chi connectivity index (χ3n) is 4.48. The Bertz CT molecular complexity index is 928. The van der Waals surface area contributed by atoms with Crippen LogP contribution in [-0.4, -0.2) is 28.0 Å². The molecule has 1 saturated heterocycles. The lowest BCUT2D eigenvalue weighted by Crippen LogP contribution is -2.23. The molecule has 1 aliphatic heterocycles. The molecule has 1 aromatic carbocycles. The summed E-state index contributed by atoms with van der Waals surface area (Å²) in [6.45, 7) is 3.48. The van der Waals surface area contributed by atoms with Crippen molar-refractivity contribution in [3.05, 3.63) is 46.1 Å². The molecular formula is C19H20N2O2S2. The van der Waals surface area contributed by atoms with Gasteiger partial charge in [0.25, 0.3) is 5.56 Å². The van der Waals surface area contributed by atoms with Gasteiger partial charge in [-0.1, -0.05) is 42.1 Å². The van der Waals surface area contributed by atoms with Gasteiger partial charge in [0, 0.05) is 29.8 Å². The van der Waals surface area contributed by atoms with Crippen LogP contribution in [0.2, 0.25) is 0 Å². The second kappa shape index (κ2) is 7.32. The molecule has 25 heavy (non-hydrogen) atoms. The molecule has 0 radical (unpaired) electrons. The molecule has 0 unspecified atom stereocenters. The van der Waals surface area contributed by atoms with Gasteiger partial charge >= 0.3 is 0 Å². The summed E-state index contributed by atoms with van der Waals surface area (Å²) < 4.78 is 7.49. The lowest BCUT2D eigenvalue weighted by Gasteiger charge is -2.12. The Morgan fingerprint density at radius 2 is 2.20 bits per heavy atom. The van der Waals surface area contributed by atoms with Crippen molar-refractivity contribution in [3.8, 4) is 11.1 Å². The highest BCUT2D eigenvalue weighted by Gasteiger charge is 2.20. The third kappa shape index (κ3) is 3.26. The number of thiophene rings is 1. The summed E-state index contributed by atoms with van der Waals surface area (Å²) in [4.78, 5) is 18.7. The lowest BCUT2D eigenvalue weighted by atomic mass is 10.1. The fraction of sp³-hybridized carbons (Fsp3) is 0.368. The zero-order chi connectivity index (χ0) is 17.2. The van der Waals surface area contributed by atoms with Gasteiger partial charge in [0.1, 0.15) is 4.83 Å². The Morgan fingerprint density at radius 3 is 2.92 bits per heavy atom. The second-order valence-electron chi connectivity index (χ2n) is 6.09. The smallest absolute Gasteiger partial charge is 0.263 e. The van der Waals surface area contributed by atoms with Gasteiger partial charge in [0.2, 0.25) is 0 Å². The van der Waals surface area contributed by atoms with Crippen LogP contribution < -0.4 is 5.56 Å². The van der Waals surface area contributed by atoms with Crippen LogP contribution in [0, 0.1) is 0 Å². The molecule has 130 valence electrons. The van der Waals surface area contributed by atoms with E-state index < -0.39 is 0 Å². The minimum absolute atomic E-state index is 0.0578. The fourth-order valence-corrected chi connectivity index (χ4v) is 5.29. The summed E-state index contributed by atoms with van der Waals surface area (Å²) in [5.41, 5.74) is 2.11. The maximum absolute atomic E-state index is 13.1. The normalized spacial score (nSPS) is 17.4. The summed E-state index contributed by atoms with van der Waals surface area (Å²) in [5, 5.41) is 3.58. The highest BCUT2D eigenvalue weighted by atomic mass is 32.2. The minimum Gasteiger partial charge on any atom is -0.377 e. The molecule has 0 spiro atoms. The monoisotopic (exact) mass is 372 g/mol. The van der Waals surface area contributed by atoms with E-state index in [0.717, 1.165) is 51.7 Å². The Balaban J connectivity index is 1.75. The topological polar surface area (TPSA) is 44.1 Å².